The van der Waals surface area contributed by atoms with Crippen LogP contribution in [0.3, 0.4) is 0 Å². The summed E-state index contributed by atoms with van der Waals surface area (Å²) in [7, 11) is 0. The minimum atomic E-state index is -1.25. The van der Waals surface area contributed by atoms with Gasteiger partial charge in [-0.3, -0.25) is 14.6 Å². The summed E-state index contributed by atoms with van der Waals surface area (Å²) in [5.41, 5.74) is 1.35. The molecule has 1 aromatic heterocycles. The first kappa shape index (κ1) is 30.6. The first-order chi connectivity index (χ1) is 19.0. The molecule has 1 aromatic carbocycles. The molecule has 2 atom stereocenters. The lowest BCUT2D eigenvalue weighted by Gasteiger charge is -2.32. The number of phenolic OH excluding ortho intramolecular Hbond substituents is 1. The number of benzene rings is 1. The summed E-state index contributed by atoms with van der Waals surface area (Å²) in [4.78, 5) is 49.7. The third-order valence-electron chi connectivity index (χ3n) is 7.17. The molecule has 0 aliphatic heterocycles. The maximum absolute atomic E-state index is 13.5. The topological polar surface area (TPSA) is 130 Å². The third-order valence-corrected chi connectivity index (χ3v) is 7.17. The van der Waals surface area contributed by atoms with Crippen LogP contribution in [0.2, 0.25) is 0 Å². The Hall–Kier alpha value is -3.95. The number of carbonyl (C=O) groups is 2. The fourth-order valence-electron chi connectivity index (χ4n) is 5.04. The van der Waals surface area contributed by atoms with Crippen molar-refractivity contribution < 1.29 is 23.8 Å². The largest absolute Gasteiger partial charge is 0.507 e. The van der Waals surface area contributed by atoms with Crippen LogP contribution in [0.15, 0.2) is 51.7 Å². The molecule has 1 aliphatic carbocycles. The van der Waals surface area contributed by atoms with Crippen molar-refractivity contribution >= 4 is 12.0 Å². The number of aromatic nitrogens is 2. The van der Waals surface area contributed by atoms with Gasteiger partial charge in [-0.2, -0.15) is 4.39 Å². The molecule has 1 aliphatic rings. The number of phenols is 1. The van der Waals surface area contributed by atoms with E-state index in [1.807, 2.05) is 13.8 Å². The normalized spacial score (nSPS) is 16.8. The van der Waals surface area contributed by atoms with Gasteiger partial charge in [0.25, 0.3) is 5.56 Å². The second kappa shape index (κ2) is 13.9. The average Bonchev–Trinajstić information content (AvgIpc) is 2.88. The Bertz CT molecular complexity index is 1410. The molecule has 3 rings (SSSR count). The minimum absolute atomic E-state index is 0.0412. The number of aromatic amines is 1. The number of halogens is 1. The van der Waals surface area contributed by atoms with Crippen LogP contribution in [-0.2, 0) is 6.42 Å². The van der Waals surface area contributed by atoms with E-state index in [2.05, 4.69) is 24.9 Å². The summed E-state index contributed by atoms with van der Waals surface area (Å²) >= 11 is 0. The number of nitrogens with one attached hydrogen (secondary N) is 2. The Kier molecular flexibility index (Phi) is 10.6. The van der Waals surface area contributed by atoms with Crippen LogP contribution in [0.1, 0.15) is 87.6 Å². The molecule has 1 amide bonds. The maximum Gasteiger partial charge on any atom is 0.412 e. The van der Waals surface area contributed by atoms with Crippen molar-refractivity contribution in [2.45, 2.75) is 78.1 Å². The number of unbranched alkanes of at least 4 members (excludes halogenated alkanes) is 2. The molecule has 1 heterocycles. The zero-order chi connectivity index (χ0) is 29.4. The Labute approximate surface area is 232 Å². The van der Waals surface area contributed by atoms with Crippen LogP contribution in [-0.4, -0.2) is 33.2 Å². The molecule has 216 valence electrons. The average molecular weight is 556 g/mol. The Balaban J connectivity index is 1.74. The summed E-state index contributed by atoms with van der Waals surface area (Å²) < 4.78 is 19.7. The molecule has 3 N–H and O–H groups in total. The van der Waals surface area contributed by atoms with Crippen molar-refractivity contribution in [1.82, 2.24) is 14.9 Å². The van der Waals surface area contributed by atoms with Crippen LogP contribution < -0.4 is 21.3 Å². The molecule has 0 unspecified atom stereocenters. The smallest absolute Gasteiger partial charge is 0.412 e. The van der Waals surface area contributed by atoms with Crippen molar-refractivity contribution in [3.05, 3.63) is 79.9 Å². The zero-order valence-electron chi connectivity index (χ0n) is 23.3. The van der Waals surface area contributed by atoms with Crippen molar-refractivity contribution in [2.75, 3.05) is 6.54 Å². The van der Waals surface area contributed by atoms with E-state index >= 15 is 0 Å². The number of hydrogen-bond acceptors (Lipinski definition) is 6. The Morgan fingerprint density at radius 2 is 2.00 bits per heavy atom. The van der Waals surface area contributed by atoms with Gasteiger partial charge in [0, 0.05) is 24.4 Å². The summed E-state index contributed by atoms with van der Waals surface area (Å²) in [6.07, 6.45) is 7.42. The molecule has 0 bridgehead atoms. The van der Waals surface area contributed by atoms with Gasteiger partial charge in [-0.15, -0.1) is 0 Å². The number of H-pyrrole nitrogens is 1. The fourth-order valence-corrected chi connectivity index (χ4v) is 5.04. The van der Waals surface area contributed by atoms with E-state index in [1.165, 1.54) is 5.57 Å². The molecular weight excluding hydrogens is 517 g/mol. The highest BCUT2D eigenvalue weighted by Gasteiger charge is 2.31. The lowest BCUT2D eigenvalue weighted by Crippen LogP contribution is -2.35. The summed E-state index contributed by atoms with van der Waals surface area (Å²) in [6.45, 7) is 10.3. The molecular formula is C30H38FN3O6. The molecule has 0 saturated carbocycles. The van der Waals surface area contributed by atoms with Crippen LogP contribution in [0.25, 0.3) is 0 Å². The minimum Gasteiger partial charge on any atom is -0.507 e. The van der Waals surface area contributed by atoms with E-state index in [-0.39, 0.29) is 42.7 Å². The molecule has 10 heteroatoms. The monoisotopic (exact) mass is 555 g/mol. The van der Waals surface area contributed by atoms with Gasteiger partial charge in [0.15, 0.2) is 0 Å². The van der Waals surface area contributed by atoms with Crippen molar-refractivity contribution in [1.29, 1.82) is 0 Å². The second-order valence-electron chi connectivity index (χ2n) is 10.4. The maximum atomic E-state index is 13.5. The lowest BCUT2D eigenvalue weighted by molar-refractivity contribution is 0.0891. The van der Waals surface area contributed by atoms with Gasteiger partial charge in [0.05, 0.1) is 6.20 Å². The van der Waals surface area contributed by atoms with E-state index in [0.29, 0.717) is 16.3 Å². The van der Waals surface area contributed by atoms with Gasteiger partial charge in [-0.05, 0) is 69.6 Å². The van der Waals surface area contributed by atoms with E-state index in [1.54, 1.807) is 17.1 Å². The number of hydrogen-bond donors (Lipinski definition) is 3. The predicted octanol–water partition coefficient (Wildman–Crippen LogP) is 5.34. The van der Waals surface area contributed by atoms with Gasteiger partial charge in [0.1, 0.15) is 11.5 Å². The molecule has 9 nitrogen and oxygen atoms in total. The van der Waals surface area contributed by atoms with E-state index in [4.69, 9.17) is 4.74 Å². The number of aryl methyl sites for hydroxylation is 1. The van der Waals surface area contributed by atoms with Gasteiger partial charge in [-0.25, -0.2) is 14.2 Å². The third kappa shape index (κ3) is 7.80. The molecule has 2 aromatic rings. The number of amides is 1. The van der Waals surface area contributed by atoms with Gasteiger partial charge in [0.2, 0.25) is 11.7 Å². The SMILES string of the molecule is C=C(C)[C@@H]1CCC(C)=C[C@H]1c1c(O)cc(CCCCC)cc1OC(=O)NCCCC(=O)n1cc(F)c(=O)[nH]c1=O. The van der Waals surface area contributed by atoms with Gasteiger partial charge < -0.3 is 15.2 Å². The second-order valence-corrected chi connectivity index (χ2v) is 10.4. The quantitative estimate of drug-likeness (QED) is 0.253. The Morgan fingerprint density at radius 1 is 1.25 bits per heavy atom. The number of rotatable bonds is 11. The highest BCUT2D eigenvalue weighted by atomic mass is 19.1. The predicted molar refractivity (Wildman–Crippen MR) is 151 cm³/mol. The number of ether oxygens (including phenoxy) is 1. The van der Waals surface area contributed by atoms with Crippen LogP contribution >= 0.6 is 0 Å². The fraction of sp³-hybridized carbons (Fsp3) is 0.467. The van der Waals surface area contributed by atoms with Crippen LogP contribution in [0.5, 0.6) is 11.5 Å². The lowest BCUT2D eigenvalue weighted by atomic mass is 9.73. The molecule has 0 fully saturated rings. The van der Waals surface area contributed by atoms with Crippen molar-refractivity contribution in [3.63, 3.8) is 0 Å². The van der Waals surface area contributed by atoms with Gasteiger partial charge in [-0.1, -0.05) is 43.6 Å². The summed E-state index contributed by atoms with van der Waals surface area (Å²) in [5.74, 6) is -1.75. The van der Waals surface area contributed by atoms with E-state index < -0.39 is 29.1 Å². The molecule has 0 saturated heterocycles. The standard InChI is InChI=1S/C30H38FN3O6/c1-5-6-7-9-20-15-24(35)27(22-14-19(4)11-12-21(22)18(2)3)25(16-20)40-30(39)32-13-8-10-26(36)34-17-23(31)28(37)33-29(34)38/h14-17,21-22,35H,2,5-13H2,1,3-4H3,(H,32,39)(H,33,37,38)/t21-,22+/m0/s1. The van der Waals surface area contributed by atoms with Crippen LogP contribution in [0.4, 0.5) is 9.18 Å². The number of allylic oxidation sites excluding steroid dienone is 3. The van der Waals surface area contributed by atoms with Gasteiger partial charge >= 0.3 is 11.8 Å². The Morgan fingerprint density at radius 3 is 2.70 bits per heavy atom. The number of carbonyl (C=O) groups excluding carboxylic acids is 2. The summed E-state index contributed by atoms with van der Waals surface area (Å²) in [6, 6.07) is 3.55. The number of aromatic hydroxyl groups is 1. The molecule has 40 heavy (non-hydrogen) atoms. The number of nitrogens with zero attached hydrogens (tertiary/aromatic N) is 1. The highest BCUT2D eigenvalue weighted by molar-refractivity contribution is 5.78. The van der Waals surface area contributed by atoms with Crippen molar-refractivity contribution in [2.24, 2.45) is 5.92 Å². The zero-order valence-corrected chi connectivity index (χ0v) is 23.3. The first-order valence-electron chi connectivity index (χ1n) is 13.7. The van der Waals surface area contributed by atoms with E-state index in [0.717, 1.165) is 49.7 Å². The molecule has 0 spiro atoms. The first-order valence-corrected chi connectivity index (χ1v) is 13.7. The summed E-state index contributed by atoms with van der Waals surface area (Å²) in [5, 5.41) is 13.7. The highest BCUT2D eigenvalue weighted by Crippen LogP contribution is 2.47. The molecule has 0 radical (unpaired) electrons. The van der Waals surface area contributed by atoms with E-state index in [9.17, 15) is 28.7 Å². The van der Waals surface area contributed by atoms with Crippen molar-refractivity contribution in [3.8, 4) is 11.5 Å². The van der Waals surface area contributed by atoms with Crippen LogP contribution in [0, 0.1) is 11.7 Å².